The molecule has 4 heterocycles. The Morgan fingerprint density at radius 2 is 1.23 bits per heavy atom. The van der Waals surface area contributed by atoms with E-state index < -0.39 is 5.54 Å². The number of hydrogen-bond acceptors (Lipinski definition) is 1. The molecule has 3 heteroatoms. The van der Waals surface area contributed by atoms with Crippen LogP contribution in [0.3, 0.4) is 0 Å². The van der Waals surface area contributed by atoms with Crippen molar-refractivity contribution in [2.75, 3.05) is 4.90 Å². The van der Waals surface area contributed by atoms with Gasteiger partial charge in [0.05, 0.1) is 11.1 Å². The Labute approximate surface area is 277 Å². The first-order valence-corrected chi connectivity index (χ1v) is 17.0. The van der Waals surface area contributed by atoms with Gasteiger partial charge in [-0.1, -0.05) is 136 Å². The maximum Gasteiger partial charge on any atom is 0.252 e. The molecule has 10 rings (SSSR count). The highest BCUT2D eigenvalue weighted by Crippen LogP contribution is 2.63. The fourth-order valence-electron chi connectivity index (χ4n) is 9.63. The highest BCUT2D eigenvalue weighted by Gasteiger charge is 2.62. The third-order valence-electron chi connectivity index (χ3n) is 12.1. The summed E-state index contributed by atoms with van der Waals surface area (Å²) in [5, 5.41) is 2.66. The number of anilines is 2. The van der Waals surface area contributed by atoms with Crippen molar-refractivity contribution in [3.8, 4) is 5.69 Å². The predicted octanol–water partition coefficient (Wildman–Crippen LogP) is 8.60. The van der Waals surface area contributed by atoms with E-state index in [1.807, 2.05) is 0 Å². The van der Waals surface area contributed by atoms with Gasteiger partial charge in [0.25, 0.3) is 6.71 Å². The molecule has 3 aliphatic rings. The molecule has 0 saturated heterocycles. The van der Waals surface area contributed by atoms with Crippen LogP contribution < -0.4 is 21.3 Å². The van der Waals surface area contributed by atoms with Crippen LogP contribution in [0.15, 0.2) is 133 Å². The average Bonchev–Trinajstić information content (AvgIpc) is 3.54. The Balaban J connectivity index is 1.42. The van der Waals surface area contributed by atoms with Crippen LogP contribution in [0.1, 0.15) is 56.9 Å². The largest absolute Gasteiger partial charge is 0.331 e. The topological polar surface area (TPSA) is 8.17 Å². The van der Waals surface area contributed by atoms with E-state index in [-0.39, 0.29) is 17.5 Å². The summed E-state index contributed by atoms with van der Waals surface area (Å²) in [6, 6.07) is 50.6. The van der Waals surface area contributed by atoms with E-state index in [1.165, 1.54) is 77.5 Å². The van der Waals surface area contributed by atoms with Gasteiger partial charge in [0.15, 0.2) is 0 Å². The summed E-state index contributed by atoms with van der Waals surface area (Å²) in [7, 11) is 0. The van der Waals surface area contributed by atoms with Crippen molar-refractivity contribution in [1.29, 1.82) is 0 Å². The van der Waals surface area contributed by atoms with Crippen LogP contribution in [0.4, 0.5) is 11.4 Å². The van der Waals surface area contributed by atoms with Gasteiger partial charge in [-0.15, -0.1) is 0 Å². The molecule has 1 aromatic heterocycles. The van der Waals surface area contributed by atoms with Crippen LogP contribution in [-0.4, -0.2) is 11.3 Å². The minimum absolute atomic E-state index is 0.0188. The zero-order valence-corrected chi connectivity index (χ0v) is 27.7. The van der Waals surface area contributed by atoms with Crippen LogP contribution in [0, 0.1) is 0 Å². The number of rotatable bonds is 2. The predicted molar refractivity (Wildman–Crippen MR) is 199 cm³/mol. The third kappa shape index (κ3) is 3.13. The number of benzene rings is 6. The van der Waals surface area contributed by atoms with Crippen molar-refractivity contribution in [1.82, 2.24) is 4.57 Å². The Morgan fingerprint density at radius 3 is 1.98 bits per heavy atom. The van der Waals surface area contributed by atoms with Crippen molar-refractivity contribution in [3.05, 3.63) is 156 Å². The molecule has 0 bridgehead atoms. The Bertz CT molecular complexity index is 2430. The molecule has 2 unspecified atom stereocenters. The van der Waals surface area contributed by atoms with E-state index in [9.17, 15) is 0 Å². The van der Waals surface area contributed by atoms with Gasteiger partial charge in [-0.2, -0.15) is 0 Å². The SMILES string of the molecule is CC(C)(C)c1cc2c3c(c1)C(C)(c1ccccc1)C(C)(c1ccccc1)N3c1cccc3c1B2c1cccc2c4ccccc4n-3c12. The molecule has 3 aliphatic heterocycles. The van der Waals surface area contributed by atoms with Crippen molar-refractivity contribution in [2.45, 2.75) is 51.0 Å². The Hall–Kier alpha value is -5.02. The summed E-state index contributed by atoms with van der Waals surface area (Å²) in [5.74, 6) is 0. The molecule has 2 atom stereocenters. The van der Waals surface area contributed by atoms with Crippen molar-refractivity contribution in [2.24, 2.45) is 0 Å². The minimum atomic E-state index is -0.408. The molecular formula is C44H37BN2. The first kappa shape index (κ1) is 27.1. The molecule has 0 aliphatic carbocycles. The van der Waals surface area contributed by atoms with Gasteiger partial charge in [0.1, 0.15) is 0 Å². The second-order valence-electron chi connectivity index (χ2n) is 15.2. The van der Waals surface area contributed by atoms with Gasteiger partial charge in [0, 0.05) is 38.8 Å². The Morgan fingerprint density at radius 1 is 0.596 bits per heavy atom. The lowest BCUT2D eigenvalue weighted by molar-refractivity contribution is 0.335. The molecule has 7 aromatic rings. The Kier molecular flexibility index (Phi) is 5.12. The van der Waals surface area contributed by atoms with Gasteiger partial charge < -0.3 is 9.47 Å². The van der Waals surface area contributed by atoms with Crippen LogP contribution in [-0.2, 0) is 16.4 Å². The summed E-state index contributed by atoms with van der Waals surface area (Å²) in [6.07, 6.45) is 0. The highest BCUT2D eigenvalue weighted by atomic mass is 15.3. The van der Waals surface area contributed by atoms with Crippen LogP contribution >= 0.6 is 0 Å². The monoisotopic (exact) mass is 604 g/mol. The molecule has 6 aromatic carbocycles. The molecule has 2 nitrogen and oxygen atoms in total. The summed E-state index contributed by atoms with van der Waals surface area (Å²) >= 11 is 0. The number of aromatic nitrogens is 1. The number of fused-ring (bicyclic) bond motifs is 7. The third-order valence-corrected chi connectivity index (χ3v) is 12.1. The summed E-state index contributed by atoms with van der Waals surface area (Å²) in [6.45, 7) is 12.2. The van der Waals surface area contributed by atoms with Crippen molar-refractivity contribution in [3.63, 3.8) is 0 Å². The molecule has 0 fully saturated rings. The first-order chi connectivity index (χ1) is 22.7. The van der Waals surface area contributed by atoms with Crippen LogP contribution in [0.25, 0.3) is 27.5 Å². The van der Waals surface area contributed by atoms with E-state index >= 15 is 0 Å². The quantitative estimate of drug-likeness (QED) is 0.180. The second kappa shape index (κ2) is 8.86. The maximum absolute atomic E-state index is 2.75. The zero-order chi connectivity index (χ0) is 31.9. The van der Waals surface area contributed by atoms with E-state index in [0.29, 0.717) is 0 Å². The lowest BCUT2D eigenvalue weighted by atomic mass is 9.33. The fraction of sp³-hybridized carbons (Fsp3) is 0.182. The lowest BCUT2D eigenvalue weighted by Gasteiger charge is -2.50. The van der Waals surface area contributed by atoms with E-state index in [1.54, 1.807) is 0 Å². The minimum Gasteiger partial charge on any atom is -0.331 e. The molecule has 0 saturated carbocycles. The zero-order valence-electron chi connectivity index (χ0n) is 27.7. The highest BCUT2D eigenvalue weighted by molar-refractivity contribution is 7.00. The molecule has 0 amide bonds. The molecule has 0 N–H and O–H groups in total. The molecule has 226 valence electrons. The van der Waals surface area contributed by atoms with Gasteiger partial charge >= 0.3 is 0 Å². The average molecular weight is 605 g/mol. The first-order valence-electron chi connectivity index (χ1n) is 17.0. The molecule has 0 spiro atoms. The number of para-hydroxylation sites is 2. The van der Waals surface area contributed by atoms with E-state index in [0.717, 1.165) is 0 Å². The number of hydrogen-bond donors (Lipinski definition) is 0. The molecule has 47 heavy (non-hydrogen) atoms. The fourth-order valence-corrected chi connectivity index (χ4v) is 9.63. The van der Waals surface area contributed by atoms with Crippen molar-refractivity contribution < 1.29 is 0 Å². The van der Waals surface area contributed by atoms with Gasteiger partial charge in [-0.25, -0.2) is 0 Å². The van der Waals surface area contributed by atoms with Crippen LogP contribution in [0.5, 0.6) is 0 Å². The smallest absolute Gasteiger partial charge is 0.252 e. The van der Waals surface area contributed by atoms with E-state index in [2.05, 4.69) is 178 Å². The normalized spacial score (nSPS) is 20.5. The van der Waals surface area contributed by atoms with E-state index in [4.69, 9.17) is 0 Å². The van der Waals surface area contributed by atoms with Gasteiger partial charge in [-0.05, 0) is 76.1 Å². The maximum atomic E-state index is 2.75. The standard InChI is InChI=1S/C44H37BN2/c1-42(2,3)30-26-33-41-35(27-30)45-34-22-14-21-32-31-20-12-13-23-36(31)46(40(32)34)37-24-15-25-38(39(37)45)47(41)44(5,29-18-10-7-11-19-29)43(33,4)28-16-8-6-9-17-28/h6-27H,1-5H3. The lowest BCUT2D eigenvalue weighted by Crippen LogP contribution is -2.63. The summed E-state index contributed by atoms with van der Waals surface area (Å²) in [5.41, 5.74) is 15.6. The second-order valence-corrected chi connectivity index (χ2v) is 15.2. The summed E-state index contributed by atoms with van der Waals surface area (Å²) in [4.78, 5) is 2.75. The molecular weight excluding hydrogens is 567 g/mol. The van der Waals surface area contributed by atoms with Gasteiger partial charge in [0.2, 0.25) is 0 Å². The molecule has 0 radical (unpaired) electrons. The van der Waals surface area contributed by atoms with Crippen LogP contribution in [0.2, 0.25) is 0 Å². The van der Waals surface area contributed by atoms with Crippen molar-refractivity contribution >= 4 is 56.3 Å². The number of nitrogens with zero attached hydrogens (tertiary/aromatic N) is 2. The van der Waals surface area contributed by atoms with Gasteiger partial charge in [-0.3, -0.25) is 0 Å². The summed E-state index contributed by atoms with van der Waals surface area (Å²) < 4.78 is 2.56.